The molecule has 2 heteroatoms. The zero-order valence-electron chi connectivity index (χ0n) is 27.6. The first-order valence-corrected chi connectivity index (χ1v) is 17.8. The number of thiophene rings is 1. The van der Waals surface area contributed by atoms with E-state index in [2.05, 4.69) is 172 Å². The van der Waals surface area contributed by atoms with Crippen molar-refractivity contribution in [3.8, 4) is 22.3 Å². The highest BCUT2D eigenvalue weighted by Gasteiger charge is 2.37. The molecule has 10 rings (SSSR count). The molecule has 0 saturated heterocycles. The maximum Gasteiger partial charge on any atom is 0.0468 e. The molecule has 1 heterocycles. The number of fused-ring (bicyclic) bond motifs is 11. The third-order valence-corrected chi connectivity index (χ3v) is 12.5. The normalized spacial score (nSPS) is 15.0. The van der Waals surface area contributed by atoms with Crippen molar-refractivity contribution < 1.29 is 0 Å². The molecule has 2 aliphatic rings. The Morgan fingerprint density at radius 1 is 0.417 bits per heavy atom. The SMILES string of the molecule is CC1(C)c2ccccc2-c2ccc(N(c3ccc4c(c3)C(C)(C)c3ccccc3-4)c3ccc4sc5c6ccccc6ccc5c4c3)cc21. The monoisotopic (exact) mass is 633 g/mol. The van der Waals surface area contributed by atoms with Crippen LogP contribution in [0.1, 0.15) is 49.9 Å². The van der Waals surface area contributed by atoms with Gasteiger partial charge in [-0.2, -0.15) is 0 Å². The quantitative estimate of drug-likeness (QED) is 0.187. The first kappa shape index (κ1) is 27.9. The highest BCUT2D eigenvalue weighted by atomic mass is 32.1. The average Bonchev–Trinajstić information content (AvgIpc) is 3.68. The van der Waals surface area contributed by atoms with Gasteiger partial charge in [-0.3, -0.25) is 0 Å². The van der Waals surface area contributed by atoms with Gasteiger partial charge in [-0.25, -0.2) is 0 Å². The van der Waals surface area contributed by atoms with Crippen LogP contribution in [0.25, 0.3) is 53.2 Å². The lowest BCUT2D eigenvalue weighted by molar-refractivity contribution is 0.660. The fraction of sp³-hybridized carbons (Fsp3) is 0.130. The molecule has 0 fully saturated rings. The average molecular weight is 634 g/mol. The molecule has 0 spiro atoms. The number of benzene rings is 7. The second-order valence-electron chi connectivity index (χ2n) is 14.6. The number of anilines is 3. The standard InChI is InChI=1S/C46H35NS/c1-45(2)39-15-9-7-13-33(39)35-22-18-30(26-41(35)45)47(31-19-23-36-34-14-8-10-16-40(34)46(3,4)42(36)27-31)29-20-24-43-38(25-29)37-21-17-28-11-5-6-12-32(28)44(37)48-43/h5-27H,1-4H3. The summed E-state index contributed by atoms with van der Waals surface area (Å²) in [7, 11) is 0. The molecule has 0 aliphatic heterocycles. The van der Waals surface area contributed by atoms with Crippen LogP contribution >= 0.6 is 11.3 Å². The molecule has 2 aliphatic carbocycles. The Bertz CT molecular complexity index is 2530. The molecule has 1 nitrogen and oxygen atoms in total. The molecule has 1 aromatic heterocycles. The summed E-state index contributed by atoms with van der Waals surface area (Å²) in [6.45, 7) is 9.48. The predicted molar refractivity (Wildman–Crippen MR) is 207 cm³/mol. The van der Waals surface area contributed by atoms with E-state index in [1.807, 2.05) is 11.3 Å². The molecule has 0 saturated carbocycles. The van der Waals surface area contributed by atoms with Gasteiger partial charge in [-0.05, 0) is 97.7 Å². The highest BCUT2D eigenvalue weighted by molar-refractivity contribution is 7.26. The van der Waals surface area contributed by atoms with Gasteiger partial charge in [0, 0.05) is 48.1 Å². The lowest BCUT2D eigenvalue weighted by atomic mass is 9.82. The lowest BCUT2D eigenvalue weighted by Gasteiger charge is -2.30. The first-order valence-electron chi connectivity index (χ1n) is 16.9. The Balaban J connectivity index is 1.21. The zero-order chi connectivity index (χ0) is 32.4. The van der Waals surface area contributed by atoms with Crippen LogP contribution < -0.4 is 4.90 Å². The van der Waals surface area contributed by atoms with Gasteiger partial charge in [-0.15, -0.1) is 11.3 Å². The van der Waals surface area contributed by atoms with Crippen molar-refractivity contribution in [1.82, 2.24) is 0 Å². The fourth-order valence-electron chi connectivity index (χ4n) is 8.74. The molecule has 7 aromatic carbocycles. The largest absolute Gasteiger partial charge is 0.310 e. The van der Waals surface area contributed by atoms with Crippen molar-refractivity contribution in [2.45, 2.75) is 38.5 Å². The van der Waals surface area contributed by atoms with Crippen LogP contribution in [0.4, 0.5) is 17.1 Å². The fourth-order valence-corrected chi connectivity index (χ4v) is 9.96. The molecule has 0 N–H and O–H groups in total. The Labute approximate surface area is 285 Å². The van der Waals surface area contributed by atoms with Crippen LogP contribution in [-0.4, -0.2) is 0 Å². The summed E-state index contributed by atoms with van der Waals surface area (Å²) in [6, 6.07) is 52.5. The Hall–Kier alpha value is -5.18. The third kappa shape index (κ3) is 3.72. The zero-order valence-corrected chi connectivity index (χ0v) is 28.5. The topological polar surface area (TPSA) is 3.24 Å². The van der Waals surface area contributed by atoms with Gasteiger partial charge in [-0.1, -0.05) is 125 Å². The molecule has 48 heavy (non-hydrogen) atoms. The smallest absolute Gasteiger partial charge is 0.0468 e. The number of hydrogen-bond acceptors (Lipinski definition) is 2. The van der Waals surface area contributed by atoms with Crippen LogP contribution in [0, 0.1) is 0 Å². The van der Waals surface area contributed by atoms with Crippen LogP contribution in [0.15, 0.2) is 140 Å². The summed E-state index contributed by atoms with van der Waals surface area (Å²) in [5, 5.41) is 5.26. The Morgan fingerprint density at radius 3 is 1.58 bits per heavy atom. The number of hydrogen-bond donors (Lipinski definition) is 0. The maximum atomic E-state index is 2.49. The van der Waals surface area contributed by atoms with E-state index in [1.165, 1.54) is 92.5 Å². The van der Waals surface area contributed by atoms with Gasteiger partial charge >= 0.3 is 0 Å². The minimum Gasteiger partial charge on any atom is -0.310 e. The Kier molecular flexibility index (Phi) is 5.63. The summed E-state index contributed by atoms with van der Waals surface area (Å²) < 4.78 is 2.68. The molecule has 0 atom stereocenters. The van der Waals surface area contributed by atoms with Gasteiger partial charge in [0.15, 0.2) is 0 Å². The van der Waals surface area contributed by atoms with Crippen molar-refractivity contribution in [2.75, 3.05) is 4.90 Å². The molecule has 0 bridgehead atoms. The second-order valence-corrected chi connectivity index (χ2v) is 15.6. The van der Waals surface area contributed by atoms with E-state index in [4.69, 9.17) is 0 Å². The van der Waals surface area contributed by atoms with Crippen LogP contribution in [-0.2, 0) is 10.8 Å². The van der Waals surface area contributed by atoms with E-state index in [1.54, 1.807) is 0 Å². The van der Waals surface area contributed by atoms with Crippen molar-refractivity contribution in [3.63, 3.8) is 0 Å². The minimum atomic E-state index is -0.0796. The highest BCUT2D eigenvalue weighted by Crippen LogP contribution is 2.53. The van der Waals surface area contributed by atoms with Gasteiger partial charge < -0.3 is 4.90 Å². The number of nitrogens with zero attached hydrogens (tertiary/aromatic N) is 1. The summed E-state index contributed by atoms with van der Waals surface area (Å²) in [5.41, 5.74) is 14.4. The van der Waals surface area contributed by atoms with Crippen LogP contribution in [0.2, 0.25) is 0 Å². The second kappa shape index (κ2) is 9.69. The first-order chi connectivity index (χ1) is 23.3. The molecule has 0 radical (unpaired) electrons. The molecule has 230 valence electrons. The van der Waals surface area contributed by atoms with E-state index in [-0.39, 0.29) is 10.8 Å². The van der Waals surface area contributed by atoms with Gasteiger partial charge in [0.2, 0.25) is 0 Å². The lowest BCUT2D eigenvalue weighted by Crippen LogP contribution is -2.18. The van der Waals surface area contributed by atoms with E-state index in [9.17, 15) is 0 Å². The Morgan fingerprint density at radius 2 is 0.938 bits per heavy atom. The van der Waals surface area contributed by atoms with E-state index in [0.29, 0.717) is 0 Å². The summed E-state index contributed by atoms with van der Waals surface area (Å²) >= 11 is 1.90. The van der Waals surface area contributed by atoms with E-state index < -0.39 is 0 Å². The van der Waals surface area contributed by atoms with Crippen LogP contribution in [0.3, 0.4) is 0 Å². The van der Waals surface area contributed by atoms with E-state index in [0.717, 1.165) is 0 Å². The maximum absolute atomic E-state index is 2.49. The van der Waals surface area contributed by atoms with Crippen molar-refractivity contribution in [1.29, 1.82) is 0 Å². The molecular weight excluding hydrogens is 599 g/mol. The van der Waals surface area contributed by atoms with Crippen molar-refractivity contribution >= 4 is 59.3 Å². The molecule has 0 amide bonds. The van der Waals surface area contributed by atoms with Gasteiger partial charge in [0.05, 0.1) is 0 Å². The third-order valence-electron chi connectivity index (χ3n) is 11.3. The molecular formula is C46H35NS. The van der Waals surface area contributed by atoms with Gasteiger partial charge in [0.25, 0.3) is 0 Å². The number of rotatable bonds is 3. The molecule has 0 unspecified atom stereocenters. The van der Waals surface area contributed by atoms with Crippen molar-refractivity contribution in [2.24, 2.45) is 0 Å². The minimum absolute atomic E-state index is 0.0796. The van der Waals surface area contributed by atoms with E-state index >= 15 is 0 Å². The summed E-state index contributed by atoms with van der Waals surface area (Å²) in [5.74, 6) is 0. The predicted octanol–water partition coefficient (Wildman–Crippen LogP) is 13.3. The summed E-state index contributed by atoms with van der Waals surface area (Å²) in [6.07, 6.45) is 0. The van der Waals surface area contributed by atoms with Gasteiger partial charge in [0.1, 0.15) is 0 Å². The van der Waals surface area contributed by atoms with Crippen molar-refractivity contribution in [3.05, 3.63) is 162 Å². The van der Waals surface area contributed by atoms with Crippen LogP contribution in [0.5, 0.6) is 0 Å². The summed E-state index contributed by atoms with van der Waals surface area (Å²) in [4.78, 5) is 2.49. The molecule has 8 aromatic rings.